The molecule has 4 heteroatoms. The van der Waals surface area contributed by atoms with Crippen LogP contribution in [0.1, 0.15) is 50.7 Å². The lowest BCUT2D eigenvalue weighted by Gasteiger charge is -2.10. The molecule has 2 aromatic rings. The fraction of sp³-hybridized carbons (Fsp3) is 0.520. The molecule has 1 aliphatic carbocycles. The molecular weight excluding hydrogens is 360 g/mol. The molecular formula is C25H36N2O2. The largest absolute Gasteiger partial charge is 0.494 e. The molecule has 2 N–H and O–H groups in total. The van der Waals surface area contributed by atoms with Crippen molar-refractivity contribution in [2.75, 3.05) is 39.4 Å². The molecule has 2 aromatic carbocycles. The molecule has 0 atom stereocenters. The summed E-state index contributed by atoms with van der Waals surface area (Å²) in [4.78, 5) is 0. The van der Waals surface area contributed by atoms with Gasteiger partial charge in [-0.3, -0.25) is 0 Å². The van der Waals surface area contributed by atoms with Crippen molar-refractivity contribution in [2.24, 2.45) is 0 Å². The predicted octanol–water partition coefficient (Wildman–Crippen LogP) is 4.79. The highest BCUT2D eigenvalue weighted by atomic mass is 16.5. The number of fused-ring (bicyclic) bond motifs is 3. The Morgan fingerprint density at radius 3 is 1.97 bits per heavy atom. The molecule has 0 radical (unpaired) electrons. The van der Waals surface area contributed by atoms with Gasteiger partial charge in [-0.25, -0.2) is 0 Å². The number of rotatable bonds is 14. The monoisotopic (exact) mass is 396 g/mol. The van der Waals surface area contributed by atoms with Crippen LogP contribution in [0.15, 0.2) is 36.4 Å². The van der Waals surface area contributed by atoms with Crippen molar-refractivity contribution >= 4 is 0 Å². The Bertz CT molecular complexity index is 760. The lowest BCUT2D eigenvalue weighted by molar-refractivity contribution is 0.308. The Balaban J connectivity index is 1.50. The Labute approximate surface area is 176 Å². The van der Waals surface area contributed by atoms with Crippen LogP contribution in [0.5, 0.6) is 11.5 Å². The number of nitrogens with one attached hydrogen (secondary N) is 2. The maximum atomic E-state index is 5.97. The van der Waals surface area contributed by atoms with Crippen LogP contribution in [-0.2, 0) is 6.42 Å². The van der Waals surface area contributed by atoms with Crippen LogP contribution < -0.4 is 20.1 Å². The molecule has 158 valence electrons. The quantitative estimate of drug-likeness (QED) is 0.384. The van der Waals surface area contributed by atoms with Crippen molar-refractivity contribution in [1.82, 2.24) is 10.6 Å². The Kier molecular flexibility index (Phi) is 8.84. The number of benzene rings is 2. The van der Waals surface area contributed by atoms with Crippen molar-refractivity contribution in [3.63, 3.8) is 0 Å². The van der Waals surface area contributed by atoms with E-state index in [4.69, 9.17) is 9.47 Å². The van der Waals surface area contributed by atoms with Gasteiger partial charge in [-0.1, -0.05) is 26.0 Å². The summed E-state index contributed by atoms with van der Waals surface area (Å²) >= 11 is 0. The van der Waals surface area contributed by atoms with E-state index < -0.39 is 0 Å². The SMILES string of the molecule is CCCNCCCOc1ccc2c(c1)Cc1ccc(OCCCNCCC)cc1-2. The molecule has 0 heterocycles. The van der Waals surface area contributed by atoms with E-state index >= 15 is 0 Å². The van der Waals surface area contributed by atoms with Gasteiger partial charge in [-0.2, -0.15) is 0 Å². The minimum atomic E-state index is 0.752. The highest BCUT2D eigenvalue weighted by molar-refractivity contribution is 5.78. The first kappa shape index (κ1) is 21.7. The summed E-state index contributed by atoms with van der Waals surface area (Å²) in [6.07, 6.45) is 5.39. The van der Waals surface area contributed by atoms with Gasteiger partial charge in [-0.05, 0) is 105 Å². The maximum Gasteiger partial charge on any atom is 0.119 e. The fourth-order valence-corrected chi connectivity index (χ4v) is 3.70. The normalized spacial score (nSPS) is 11.9. The molecule has 0 spiro atoms. The minimum Gasteiger partial charge on any atom is -0.494 e. The molecule has 0 fully saturated rings. The van der Waals surface area contributed by atoms with Crippen LogP contribution in [0.25, 0.3) is 11.1 Å². The molecule has 0 aliphatic heterocycles. The summed E-state index contributed by atoms with van der Waals surface area (Å²) in [5.74, 6) is 1.94. The zero-order valence-corrected chi connectivity index (χ0v) is 18.1. The lowest BCUT2D eigenvalue weighted by atomic mass is 10.1. The third kappa shape index (κ3) is 6.48. The van der Waals surface area contributed by atoms with E-state index in [9.17, 15) is 0 Å². The summed E-state index contributed by atoms with van der Waals surface area (Å²) < 4.78 is 11.9. The average molecular weight is 397 g/mol. The standard InChI is InChI=1S/C25H36N2O2/c1-3-11-26-13-5-15-28-22-9-10-24-21(18-22)17-20-7-8-23(19-25(20)24)29-16-6-14-27-12-4-2/h7-10,18-19,26-27H,3-6,11-17H2,1-2H3. The second kappa shape index (κ2) is 11.8. The highest BCUT2D eigenvalue weighted by Crippen LogP contribution is 2.40. The van der Waals surface area contributed by atoms with Crippen LogP contribution in [0, 0.1) is 0 Å². The zero-order chi connectivity index (χ0) is 20.3. The van der Waals surface area contributed by atoms with Crippen molar-refractivity contribution < 1.29 is 9.47 Å². The van der Waals surface area contributed by atoms with Gasteiger partial charge in [0.25, 0.3) is 0 Å². The van der Waals surface area contributed by atoms with Gasteiger partial charge in [0.2, 0.25) is 0 Å². The van der Waals surface area contributed by atoms with E-state index in [1.165, 1.54) is 35.1 Å². The smallest absolute Gasteiger partial charge is 0.119 e. The molecule has 0 unspecified atom stereocenters. The second-order valence-electron chi connectivity index (χ2n) is 7.72. The van der Waals surface area contributed by atoms with Gasteiger partial charge in [0, 0.05) is 0 Å². The van der Waals surface area contributed by atoms with Gasteiger partial charge in [0.1, 0.15) is 11.5 Å². The predicted molar refractivity (Wildman–Crippen MR) is 121 cm³/mol. The number of hydrogen-bond donors (Lipinski definition) is 2. The van der Waals surface area contributed by atoms with Crippen LogP contribution in [0.4, 0.5) is 0 Å². The molecule has 4 nitrogen and oxygen atoms in total. The van der Waals surface area contributed by atoms with Crippen LogP contribution in [-0.4, -0.2) is 39.4 Å². The van der Waals surface area contributed by atoms with Crippen LogP contribution in [0.2, 0.25) is 0 Å². The van der Waals surface area contributed by atoms with E-state index in [0.717, 1.165) is 70.2 Å². The van der Waals surface area contributed by atoms with Crippen molar-refractivity contribution in [2.45, 2.75) is 46.0 Å². The third-order valence-electron chi connectivity index (χ3n) is 5.22. The van der Waals surface area contributed by atoms with Gasteiger partial charge >= 0.3 is 0 Å². The van der Waals surface area contributed by atoms with E-state index in [1.54, 1.807) is 0 Å². The highest BCUT2D eigenvalue weighted by Gasteiger charge is 2.19. The summed E-state index contributed by atoms with van der Waals surface area (Å²) in [6, 6.07) is 13.0. The van der Waals surface area contributed by atoms with E-state index in [-0.39, 0.29) is 0 Å². The van der Waals surface area contributed by atoms with Gasteiger partial charge in [-0.15, -0.1) is 0 Å². The summed E-state index contributed by atoms with van der Waals surface area (Å²) in [5.41, 5.74) is 5.34. The van der Waals surface area contributed by atoms with Gasteiger partial charge in [0.15, 0.2) is 0 Å². The van der Waals surface area contributed by atoms with Crippen molar-refractivity contribution in [3.8, 4) is 22.6 Å². The molecule has 1 aliphatic rings. The first-order valence-corrected chi connectivity index (χ1v) is 11.2. The molecule has 3 rings (SSSR count). The average Bonchev–Trinajstić information content (AvgIpc) is 3.10. The van der Waals surface area contributed by atoms with E-state index in [2.05, 4.69) is 60.9 Å². The van der Waals surface area contributed by atoms with E-state index in [0.29, 0.717) is 0 Å². The fourth-order valence-electron chi connectivity index (χ4n) is 3.70. The molecule has 0 aromatic heterocycles. The first-order valence-electron chi connectivity index (χ1n) is 11.2. The zero-order valence-electron chi connectivity index (χ0n) is 18.1. The summed E-state index contributed by atoms with van der Waals surface area (Å²) in [7, 11) is 0. The summed E-state index contributed by atoms with van der Waals surface area (Å²) in [6.45, 7) is 10.1. The number of hydrogen-bond acceptors (Lipinski definition) is 4. The second-order valence-corrected chi connectivity index (χ2v) is 7.72. The summed E-state index contributed by atoms with van der Waals surface area (Å²) in [5, 5.41) is 6.82. The Morgan fingerprint density at radius 1 is 0.690 bits per heavy atom. The van der Waals surface area contributed by atoms with Gasteiger partial charge < -0.3 is 20.1 Å². The lowest BCUT2D eigenvalue weighted by Crippen LogP contribution is -2.18. The third-order valence-corrected chi connectivity index (χ3v) is 5.22. The molecule has 29 heavy (non-hydrogen) atoms. The van der Waals surface area contributed by atoms with Crippen LogP contribution in [0.3, 0.4) is 0 Å². The molecule has 0 saturated heterocycles. The molecule has 0 amide bonds. The minimum absolute atomic E-state index is 0.752. The topological polar surface area (TPSA) is 42.5 Å². The van der Waals surface area contributed by atoms with Gasteiger partial charge in [0.05, 0.1) is 13.2 Å². The Morgan fingerprint density at radius 2 is 1.31 bits per heavy atom. The van der Waals surface area contributed by atoms with Crippen molar-refractivity contribution in [1.29, 1.82) is 0 Å². The molecule has 0 saturated carbocycles. The first-order chi connectivity index (χ1) is 14.3. The molecule has 0 bridgehead atoms. The maximum absolute atomic E-state index is 5.97. The Hall–Kier alpha value is -2.04. The number of ether oxygens (including phenoxy) is 2. The van der Waals surface area contributed by atoms with Crippen molar-refractivity contribution in [3.05, 3.63) is 47.5 Å². The van der Waals surface area contributed by atoms with Crippen LogP contribution >= 0.6 is 0 Å². The van der Waals surface area contributed by atoms with E-state index in [1.807, 2.05) is 0 Å².